The van der Waals surface area contributed by atoms with Gasteiger partial charge in [-0.05, 0) is 13.0 Å². The van der Waals surface area contributed by atoms with Crippen molar-refractivity contribution in [2.45, 2.75) is 12.5 Å². The minimum Gasteiger partial charge on any atom is -0.343 e. The second-order valence-corrected chi connectivity index (χ2v) is 4.26. The van der Waals surface area contributed by atoms with Gasteiger partial charge in [-0.1, -0.05) is 18.2 Å². The first-order chi connectivity index (χ1) is 7.55. The van der Waals surface area contributed by atoms with E-state index < -0.39 is 5.54 Å². The van der Waals surface area contributed by atoms with E-state index in [1.807, 2.05) is 0 Å². The van der Waals surface area contributed by atoms with Crippen molar-refractivity contribution in [2.24, 2.45) is 0 Å². The van der Waals surface area contributed by atoms with Crippen molar-refractivity contribution in [3.63, 3.8) is 0 Å². The van der Waals surface area contributed by atoms with Crippen molar-refractivity contribution in [2.75, 3.05) is 20.1 Å². The largest absolute Gasteiger partial charge is 0.343 e. The zero-order chi connectivity index (χ0) is 11.8. The molecule has 1 fully saturated rings. The van der Waals surface area contributed by atoms with Gasteiger partial charge in [-0.15, -0.1) is 0 Å². The van der Waals surface area contributed by atoms with E-state index in [9.17, 15) is 9.18 Å². The van der Waals surface area contributed by atoms with Gasteiger partial charge in [0.1, 0.15) is 11.4 Å². The number of piperazine rings is 1. The Bertz CT molecular complexity index is 421. The maximum Gasteiger partial charge on any atom is 0.247 e. The Kier molecular flexibility index (Phi) is 2.68. The molecule has 1 atom stereocenters. The normalized spacial score (nSPS) is 25.9. The number of rotatable bonds is 1. The van der Waals surface area contributed by atoms with Gasteiger partial charge in [-0.2, -0.15) is 0 Å². The molecule has 16 heavy (non-hydrogen) atoms. The summed E-state index contributed by atoms with van der Waals surface area (Å²) in [5, 5.41) is 3.10. The number of nitrogens with one attached hydrogen (secondary N) is 1. The smallest absolute Gasteiger partial charge is 0.247 e. The number of amides is 1. The highest BCUT2D eigenvalue weighted by Gasteiger charge is 2.41. The molecule has 0 aromatic heterocycles. The molecular formula is C12H15FN2O. The van der Waals surface area contributed by atoms with E-state index in [0.29, 0.717) is 18.7 Å². The van der Waals surface area contributed by atoms with Gasteiger partial charge < -0.3 is 4.90 Å². The monoisotopic (exact) mass is 222 g/mol. The van der Waals surface area contributed by atoms with Crippen LogP contribution in [-0.4, -0.2) is 30.9 Å². The van der Waals surface area contributed by atoms with Crippen molar-refractivity contribution < 1.29 is 9.18 Å². The Morgan fingerprint density at radius 2 is 2.12 bits per heavy atom. The first-order valence-electron chi connectivity index (χ1n) is 5.31. The number of carbonyl (C=O) groups is 1. The Hall–Kier alpha value is -1.42. The Morgan fingerprint density at radius 3 is 2.81 bits per heavy atom. The number of halogens is 1. The summed E-state index contributed by atoms with van der Waals surface area (Å²) in [7, 11) is 1.74. The number of likely N-dealkylation sites (N-methyl/N-ethyl adjacent to an activating group) is 1. The molecule has 0 aliphatic carbocycles. The number of hydrogen-bond donors (Lipinski definition) is 1. The minimum absolute atomic E-state index is 0.0937. The molecule has 1 unspecified atom stereocenters. The highest BCUT2D eigenvalue weighted by Crippen LogP contribution is 2.27. The first-order valence-corrected chi connectivity index (χ1v) is 5.31. The lowest BCUT2D eigenvalue weighted by atomic mass is 9.88. The average Bonchev–Trinajstić information content (AvgIpc) is 2.26. The van der Waals surface area contributed by atoms with Gasteiger partial charge in [0.05, 0.1) is 0 Å². The molecule has 1 N–H and O–H groups in total. The van der Waals surface area contributed by atoms with Gasteiger partial charge in [0.2, 0.25) is 5.91 Å². The summed E-state index contributed by atoms with van der Waals surface area (Å²) < 4.78 is 13.7. The van der Waals surface area contributed by atoms with E-state index in [1.54, 1.807) is 37.1 Å². The van der Waals surface area contributed by atoms with Crippen molar-refractivity contribution in [1.29, 1.82) is 0 Å². The van der Waals surface area contributed by atoms with Crippen molar-refractivity contribution in [1.82, 2.24) is 10.2 Å². The third-order valence-corrected chi connectivity index (χ3v) is 3.11. The summed E-state index contributed by atoms with van der Waals surface area (Å²) in [4.78, 5) is 13.7. The molecule has 2 rings (SSSR count). The molecular weight excluding hydrogens is 207 g/mol. The summed E-state index contributed by atoms with van der Waals surface area (Å²) in [6.07, 6.45) is 0. The minimum atomic E-state index is -0.946. The van der Waals surface area contributed by atoms with Crippen LogP contribution < -0.4 is 5.32 Å². The molecule has 0 bridgehead atoms. The second kappa shape index (κ2) is 3.87. The van der Waals surface area contributed by atoms with Crippen LogP contribution in [0.15, 0.2) is 24.3 Å². The number of nitrogens with zero attached hydrogens (tertiary/aromatic N) is 1. The quantitative estimate of drug-likeness (QED) is 0.771. The molecule has 3 nitrogen and oxygen atoms in total. The van der Waals surface area contributed by atoms with Crippen LogP contribution >= 0.6 is 0 Å². The molecule has 1 aliphatic rings. The topological polar surface area (TPSA) is 32.3 Å². The van der Waals surface area contributed by atoms with Crippen LogP contribution in [0.25, 0.3) is 0 Å². The predicted octanol–water partition coefficient (Wildman–Crippen LogP) is 1.10. The molecule has 0 saturated carbocycles. The average molecular weight is 222 g/mol. The van der Waals surface area contributed by atoms with Gasteiger partial charge in [0, 0.05) is 25.7 Å². The molecule has 1 aliphatic heterocycles. The van der Waals surface area contributed by atoms with Crippen LogP contribution in [0.2, 0.25) is 0 Å². The summed E-state index contributed by atoms with van der Waals surface area (Å²) in [5.41, 5.74) is -0.537. The zero-order valence-electron chi connectivity index (χ0n) is 9.46. The fourth-order valence-electron chi connectivity index (χ4n) is 2.11. The summed E-state index contributed by atoms with van der Waals surface area (Å²) in [6, 6.07) is 6.40. The van der Waals surface area contributed by atoms with E-state index in [-0.39, 0.29) is 11.7 Å². The Morgan fingerprint density at radius 1 is 1.44 bits per heavy atom. The highest BCUT2D eigenvalue weighted by molar-refractivity contribution is 5.88. The van der Waals surface area contributed by atoms with Crippen LogP contribution in [0.4, 0.5) is 4.39 Å². The van der Waals surface area contributed by atoms with Crippen LogP contribution in [0.1, 0.15) is 12.5 Å². The van der Waals surface area contributed by atoms with Crippen LogP contribution in [0, 0.1) is 5.82 Å². The summed E-state index contributed by atoms with van der Waals surface area (Å²) >= 11 is 0. The van der Waals surface area contributed by atoms with Crippen LogP contribution in [0.5, 0.6) is 0 Å². The van der Waals surface area contributed by atoms with Crippen LogP contribution in [0.3, 0.4) is 0 Å². The predicted molar refractivity (Wildman–Crippen MR) is 59.4 cm³/mol. The lowest BCUT2D eigenvalue weighted by Crippen LogP contribution is -2.59. The zero-order valence-corrected chi connectivity index (χ0v) is 9.46. The van der Waals surface area contributed by atoms with E-state index in [0.717, 1.165) is 0 Å². The van der Waals surface area contributed by atoms with Gasteiger partial charge in [-0.3, -0.25) is 10.1 Å². The highest BCUT2D eigenvalue weighted by atomic mass is 19.1. The molecule has 0 spiro atoms. The number of benzene rings is 1. The molecule has 0 radical (unpaired) electrons. The molecule has 1 amide bonds. The van der Waals surface area contributed by atoms with Crippen molar-refractivity contribution in [3.05, 3.63) is 35.6 Å². The summed E-state index contributed by atoms with van der Waals surface area (Å²) in [6.45, 7) is 3.05. The van der Waals surface area contributed by atoms with Crippen molar-refractivity contribution >= 4 is 5.91 Å². The Balaban J connectivity index is 2.45. The van der Waals surface area contributed by atoms with E-state index >= 15 is 0 Å². The van der Waals surface area contributed by atoms with E-state index in [2.05, 4.69) is 5.32 Å². The van der Waals surface area contributed by atoms with Gasteiger partial charge >= 0.3 is 0 Å². The molecule has 86 valence electrons. The van der Waals surface area contributed by atoms with E-state index in [4.69, 9.17) is 0 Å². The first kappa shape index (κ1) is 11.1. The third kappa shape index (κ3) is 1.59. The van der Waals surface area contributed by atoms with Gasteiger partial charge in [0.25, 0.3) is 0 Å². The molecule has 1 saturated heterocycles. The van der Waals surface area contributed by atoms with Gasteiger partial charge in [0.15, 0.2) is 0 Å². The van der Waals surface area contributed by atoms with Gasteiger partial charge in [-0.25, -0.2) is 4.39 Å². The standard InChI is InChI=1S/C12H15FN2O/c1-12(9-5-3-4-6-10(9)13)11(16)15(2)8-7-14-12/h3-6,14H,7-8H2,1-2H3. The lowest BCUT2D eigenvalue weighted by molar-refractivity contribution is -0.139. The maximum absolute atomic E-state index is 13.7. The lowest BCUT2D eigenvalue weighted by Gasteiger charge is -2.39. The van der Waals surface area contributed by atoms with Crippen molar-refractivity contribution in [3.8, 4) is 0 Å². The molecule has 1 aromatic carbocycles. The third-order valence-electron chi connectivity index (χ3n) is 3.11. The van der Waals surface area contributed by atoms with E-state index in [1.165, 1.54) is 6.07 Å². The van der Waals surface area contributed by atoms with Crippen LogP contribution in [-0.2, 0) is 10.3 Å². The number of carbonyl (C=O) groups excluding carboxylic acids is 1. The summed E-state index contributed by atoms with van der Waals surface area (Å²) in [5.74, 6) is -0.440. The molecule has 1 aromatic rings. The SMILES string of the molecule is CN1CCNC(C)(c2ccccc2F)C1=O. The maximum atomic E-state index is 13.7. The molecule has 4 heteroatoms. The second-order valence-electron chi connectivity index (χ2n) is 4.26. The number of hydrogen-bond acceptors (Lipinski definition) is 2. The fourth-order valence-corrected chi connectivity index (χ4v) is 2.11. The molecule has 1 heterocycles. The Labute approximate surface area is 94.3 Å². The fraction of sp³-hybridized carbons (Fsp3) is 0.417.